The summed E-state index contributed by atoms with van der Waals surface area (Å²) < 4.78 is 40.7. The van der Waals surface area contributed by atoms with Gasteiger partial charge in [0.1, 0.15) is 5.75 Å². The molecule has 3 nitrogen and oxygen atoms in total. The molecule has 0 aliphatic heterocycles. The standard InChI is InChI=1S/C13H12F3NO2/c1-2-8-3-6-11(19-13(14,15)16)10(7-8)12(18)17-9-4-5-9/h2-3,6-7,9H,1,4-5H2,(H,17,18). The molecule has 1 aromatic rings. The van der Waals surface area contributed by atoms with Crippen molar-refractivity contribution < 1.29 is 22.7 Å². The Labute approximate surface area is 108 Å². The summed E-state index contributed by atoms with van der Waals surface area (Å²) in [4.78, 5) is 11.9. The molecule has 0 aromatic heterocycles. The van der Waals surface area contributed by atoms with Gasteiger partial charge in [-0.1, -0.05) is 18.7 Å². The van der Waals surface area contributed by atoms with Gasteiger partial charge in [-0.2, -0.15) is 0 Å². The number of hydrogen-bond acceptors (Lipinski definition) is 2. The molecule has 1 aliphatic carbocycles. The zero-order chi connectivity index (χ0) is 14.0. The van der Waals surface area contributed by atoms with Crippen LogP contribution >= 0.6 is 0 Å². The normalized spacial score (nSPS) is 14.9. The summed E-state index contributed by atoms with van der Waals surface area (Å²) in [6.07, 6.45) is -1.68. The van der Waals surface area contributed by atoms with E-state index in [9.17, 15) is 18.0 Å². The highest BCUT2D eigenvalue weighted by molar-refractivity contribution is 5.97. The van der Waals surface area contributed by atoms with Crippen LogP contribution in [0.25, 0.3) is 6.08 Å². The van der Waals surface area contributed by atoms with Crippen LogP contribution in [-0.4, -0.2) is 18.3 Å². The first-order chi connectivity index (χ1) is 8.89. The molecule has 0 radical (unpaired) electrons. The van der Waals surface area contributed by atoms with Crippen LogP contribution in [0.5, 0.6) is 5.75 Å². The molecule has 0 saturated heterocycles. The lowest BCUT2D eigenvalue weighted by Crippen LogP contribution is -2.27. The molecular formula is C13H12F3NO2. The molecule has 0 heterocycles. The number of halogens is 3. The van der Waals surface area contributed by atoms with Crippen LogP contribution in [0.4, 0.5) is 13.2 Å². The minimum atomic E-state index is -4.83. The third-order valence-electron chi connectivity index (χ3n) is 2.62. The van der Waals surface area contributed by atoms with Gasteiger partial charge < -0.3 is 10.1 Å². The molecular weight excluding hydrogens is 259 g/mol. The lowest BCUT2D eigenvalue weighted by molar-refractivity contribution is -0.274. The van der Waals surface area contributed by atoms with E-state index >= 15 is 0 Å². The van der Waals surface area contributed by atoms with Gasteiger partial charge in [-0.3, -0.25) is 4.79 Å². The van der Waals surface area contributed by atoms with E-state index in [1.54, 1.807) is 0 Å². The Hall–Kier alpha value is -1.98. The summed E-state index contributed by atoms with van der Waals surface area (Å²) in [7, 11) is 0. The van der Waals surface area contributed by atoms with Crippen molar-refractivity contribution in [2.75, 3.05) is 0 Å². The van der Waals surface area contributed by atoms with Crippen molar-refractivity contribution in [3.63, 3.8) is 0 Å². The van der Waals surface area contributed by atoms with Gasteiger partial charge >= 0.3 is 6.36 Å². The number of ether oxygens (including phenoxy) is 1. The number of alkyl halides is 3. The van der Waals surface area contributed by atoms with E-state index in [4.69, 9.17) is 0 Å². The van der Waals surface area contributed by atoms with E-state index < -0.39 is 18.0 Å². The van der Waals surface area contributed by atoms with Gasteiger partial charge in [-0.05, 0) is 30.5 Å². The third-order valence-corrected chi connectivity index (χ3v) is 2.62. The van der Waals surface area contributed by atoms with Crippen molar-refractivity contribution in [3.8, 4) is 5.75 Å². The summed E-state index contributed by atoms with van der Waals surface area (Å²) in [5.74, 6) is -1.07. The second-order valence-corrected chi connectivity index (χ2v) is 4.26. The highest BCUT2D eigenvalue weighted by Crippen LogP contribution is 2.28. The molecule has 1 aromatic carbocycles. The predicted octanol–water partition coefficient (Wildman–Crippen LogP) is 3.12. The maximum absolute atomic E-state index is 12.3. The van der Waals surface area contributed by atoms with E-state index in [-0.39, 0.29) is 11.6 Å². The largest absolute Gasteiger partial charge is 0.573 e. The summed E-state index contributed by atoms with van der Waals surface area (Å²) in [6, 6.07) is 3.90. The molecule has 6 heteroatoms. The van der Waals surface area contributed by atoms with Gasteiger partial charge in [0.2, 0.25) is 0 Å². The zero-order valence-electron chi connectivity index (χ0n) is 9.96. The van der Waals surface area contributed by atoms with Gasteiger partial charge in [0.25, 0.3) is 5.91 Å². The molecule has 1 aliphatic rings. The van der Waals surface area contributed by atoms with Crippen LogP contribution in [0.3, 0.4) is 0 Å². The topological polar surface area (TPSA) is 38.3 Å². The maximum Gasteiger partial charge on any atom is 0.573 e. The van der Waals surface area contributed by atoms with E-state index in [1.165, 1.54) is 18.2 Å². The molecule has 0 unspecified atom stereocenters. The third kappa shape index (κ3) is 3.74. The van der Waals surface area contributed by atoms with Crippen LogP contribution in [0.2, 0.25) is 0 Å². The predicted molar refractivity (Wildman–Crippen MR) is 63.7 cm³/mol. The van der Waals surface area contributed by atoms with Gasteiger partial charge in [0.15, 0.2) is 0 Å². The number of carbonyl (C=O) groups is 1. The number of amides is 1. The van der Waals surface area contributed by atoms with E-state index in [0.717, 1.165) is 18.9 Å². The number of rotatable bonds is 4. The lowest BCUT2D eigenvalue weighted by Gasteiger charge is -2.13. The van der Waals surface area contributed by atoms with Crippen molar-refractivity contribution >= 4 is 12.0 Å². The summed E-state index contributed by atoms with van der Waals surface area (Å²) in [5, 5.41) is 2.63. The maximum atomic E-state index is 12.3. The number of carbonyl (C=O) groups excluding carboxylic acids is 1. The van der Waals surface area contributed by atoms with Gasteiger partial charge in [0, 0.05) is 6.04 Å². The summed E-state index contributed by atoms with van der Waals surface area (Å²) in [6.45, 7) is 3.51. The van der Waals surface area contributed by atoms with E-state index in [1.807, 2.05) is 0 Å². The first-order valence-corrected chi connectivity index (χ1v) is 5.72. The Morgan fingerprint density at radius 1 is 1.42 bits per heavy atom. The van der Waals surface area contributed by atoms with Crippen molar-refractivity contribution in [3.05, 3.63) is 35.9 Å². The fraction of sp³-hybridized carbons (Fsp3) is 0.308. The second kappa shape index (κ2) is 4.95. The number of nitrogens with one attached hydrogen (secondary N) is 1. The summed E-state index contributed by atoms with van der Waals surface area (Å²) in [5.41, 5.74) is 0.414. The first-order valence-electron chi connectivity index (χ1n) is 5.72. The molecule has 0 spiro atoms. The molecule has 2 rings (SSSR count). The van der Waals surface area contributed by atoms with Gasteiger partial charge in [-0.15, -0.1) is 13.2 Å². The van der Waals surface area contributed by atoms with Crippen LogP contribution in [0.1, 0.15) is 28.8 Å². The smallest absolute Gasteiger partial charge is 0.405 e. The molecule has 1 fully saturated rings. The van der Waals surface area contributed by atoms with Crippen molar-refractivity contribution in [2.24, 2.45) is 0 Å². The van der Waals surface area contributed by atoms with Crippen molar-refractivity contribution in [1.82, 2.24) is 5.32 Å². The molecule has 1 N–H and O–H groups in total. The highest BCUT2D eigenvalue weighted by Gasteiger charge is 2.33. The van der Waals surface area contributed by atoms with Crippen molar-refractivity contribution in [2.45, 2.75) is 25.2 Å². The second-order valence-electron chi connectivity index (χ2n) is 4.26. The minimum Gasteiger partial charge on any atom is -0.405 e. The Morgan fingerprint density at radius 3 is 2.63 bits per heavy atom. The SMILES string of the molecule is C=Cc1ccc(OC(F)(F)F)c(C(=O)NC2CC2)c1. The van der Waals surface area contributed by atoms with E-state index in [2.05, 4.69) is 16.6 Å². The van der Waals surface area contributed by atoms with E-state index in [0.29, 0.717) is 5.56 Å². The Morgan fingerprint density at radius 2 is 2.11 bits per heavy atom. The van der Waals surface area contributed by atoms with Crippen LogP contribution in [-0.2, 0) is 0 Å². The van der Waals surface area contributed by atoms with Crippen LogP contribution in [0.15, 0.2) is 24.8 Å². The van der Waals surface area contributed by atoms with Crippen LogP contribution < -0.4 is 10.1 Å². The fourth-order valence-corrected chi connectivity index (χ4v) is 1.56. The monoisotopic (exact) mass is 271 g/mol. The Kier molecular flexibility index (Phi) is 3.50. The number of benzene rings is 1. The molecule has 1 amide bonds. The fourth-order valence-electron chi connectivity index (χ4n) is 1.56. The molecule has 1 saturated carbocycles. The molecule has 19 heavy (non-hydrogen) atoms. The van der Waals surface area contributed by atoms with Crippen molar-refractivity contribution in [1.29, 1.82) is 0 Å². The Bertz CT molecular complexity index is 507. The van der Waals surface area contributed by atoms with Gasteiger partial charge in [-0.25, -0.2) is 0 Å². The average Bonchev–Trinajstić information content (AvgIpc) is 3.11. The first kappa shape index (κ1) is 13.5. The number of hydrogen-bond donors (Lipinski definition) is 1. The molecule has 0 atom stereocenters. The zero-order valence-corrected chi connectivity index (χ0v) is 9.96. The lowest BCUT2D eigenvalue weighted by atomic mass is 10.1. The highest BCUT2D eigenvalue weighted by atomic mass is 19.4. The molecule has 0 bridgehead atoms. The quantitative estimate of drug-likeness (QED) is 0.913. The molecule has 102 valence electrons. The average molecular weight is 271 g/mol. The van der Waals surface area contributed by atoms with Crippen LogP contribution in [0, 0.1) is 0 Å². The summed E-state index contributed by atoms with van der Waals surface area (Å²) >= 11 is 0. The van der Waals surface area contributed by atoms with Gasteiger partial charge in [0.05, 0.1) is 5.56 Å². The minimum absolute atomic E-state index is 0.0543. The Balaban J connectivity index is 2.29.